The molecule has 0 aromatic carbocycles. The molecule has 1 heterocycles. The number of pyridine rings is 1. The average molecular weight is 300 g/mol. The van der Waals surface area contributed by atoms with Gasteiger partial charge in [-0.2, -0.15) is 0 Å². The second kappa shape index (κ2) is 7.09. The van der Waals surface area contributed by atoms with Crippen molar-refractivity contribution in [3.05, 3.63) is 23.4 Å². The van der Waals surface area contributed by atoms with Gasteiger partial charge in [0.2, 0.25) is 5.91 Å². The fourth-order valence-electron chi connectivity index (χ4n) is 1.53. The summed E-state index contributed by atoms with van der Waals surface area (Å²) in [7, 11) is 1.72. The van der Waals surface area contributed by atoms with Crippen molar-refractivity contribution in [2.75, 3.05) is 18.5 Å². The number of likely N-dealkylation sites (N-methyl/N-ethyl adjacent to an activating group) is 1. The standard InChI is InChI=1S/C13H18ClN3O3/c1-8(13(19)20)9(2)16-12(18)7-17(3)11-5-4-10(14)6-15-11/h4-6,8-9H,7H2,1-3H3,(H,16,18)(H,19,20). The zero-order valence-corrected chi connectivity index (χ0v) is 12.4. The van der Waals surface area contributed by atoms with E-state index in [2.05, 4.69) is 10.3 Å². The molecule has 110 valence electrons. The molecule has 0 radical (unpaired) electrons. The van der Waals surface area contributed by atoms with Crippen LogP contribution in [0.5, 0.6) is 0 Å². The molecular weight excluding hydrogens is 282 g/mol. The van der Waals surface area contributed by atoms with E-state index in [1.807, 2.05) is 0 Å². The van der Waals surface area contributed by atoms with Gasteiger partial charge < -0.3 is 15.3 Å². The summed E-state index contributed by atoms with van der Waals surface area (Å²) in [5.41, 5.74) is 0. The van der Waals surface area contributed by atoms with Crippen LogP contribution < -0.4 is 10.2 Å². The fourth-order valence-corrected chi connectivity index (χ4v) is 1.64. The quantitative estimate of drug-likeness (QED) is 0.829. The number of halogens is 1. The number of carbonyl (C=O) groups is 2. The van der Waals surface area contributed by atoms with Gasteiger partial charge in [-0.1, -0.05) is 11.6 Å². The Morgan fingerprint density at radius 3 is 2.60 bits per heavy atom. The van der Waals surface area contributed by atoms with Crippen LogP contribution in [0.15, 0.2) is 18.3 Å². The number of anilines is 1. The normalized spacial score (nSPS) is 13.4. The predicted octanol–water partition coefficient (Wildman–Crippen LogP) is 1.40. The van der Waals surface area contributed by atoms with E-state index in [1.165, 1.54) is 6.20 Å². The van der Waals surface area contributed by atoms with Gasteiger partial charge in [-0.15, -0.1) is 0 Å². The molecule has 2 atom stereocenters. The van der Waals surface area contributed by atoms with Gasteiger partial charge in [0.05, 0.1) is 17.5 Å². The minimum absolute atomic E-state index is 0.0886. The van der Waals surface area contributed by atoms with Crippen LogP contribution in [0.3, 0.4) is 0 Å². The van der Waals surface area contributed by atoms with Gasteiger partial charge in [-0.3, -0.25) is 9.59 Å². The Morgan fingerprint density at radius 1 is 1.45 bits per heavy atom. The van der Waals surface area contributed by atoms with E-state index in [9.17, 15) is 9.59 Å². The monoisotopic (exact) mass is 299 g/mol. The topological polar surface area (TPSA) is 82.5 Å². The Morgan fingerprint density at radius 2 is 2.10 bits per heavy atom. The number of carbonyl (C=O) groups excluding carboxylic acids is 1. The second-order valence-corrected chi connectivity index (χ2v) is 5.11. The number of amides is 1. The molecule has 0 saturated heterocycles. The summed E-state index contributed by atoms with van der Waals surface area (Å²) in [6.45, 7) is 3.31. The van der Waals surface area contributed by atoms with Crippen molar-refractivity contribution in [1.82, 2.24) is 10.3 Å². The van der Waals surface area contributed by atoms with Gasteiger partial charge in [-0.05, 0) is 26.0 Å². The van der Waals surface area contributed by atoms with Crippen LogP contribution in [0.4, 0.5) is 5.82 Å². The molecule has 1 amide bonds. The molecule has 0 bridgehead atoms. The number of nitrogens with one attached hydrogen (secondary N) is 1. The van der Waals surface area contributed by atoms with Crippen LogP contribution in [0.1, 0.15) is 13.8 Å². The Kier molecular flexibility index (Phi) is 5.76. The van der Waals surface area contributed by atoms with E-state index >= 15 is 0 Å². The number of carboxylic acid groups (broad SMARTS) is 1. The number of aliphatic carboxylic acids is 1. The molecule has 2 N–H and O–H groups in total. The third kappa shape index (κ3) is 4.70. The average Bonchev–Trinajstić information content (AvgIpc) is 2.37. The summed E-state index contributed by atoms with van der Waals surface area (Å²) in [6.07, 6.45) is 1.50. The Balaban J connectivity index is 2.53. The fraction of sp³-hybridized carbons (Fsp3) is 0.462. The summed E-state index contributed by atoms with van der Waals surface area (Å²) < 4.78 is 0. The van der Waals surface area contributed by atoms with Gasteiger partial charge in [0.15, 0.2) is 0 Å². The van der Waals surface area contributed by atoms with Crippen LogP contribution in [-0.2, 0) is 9.59 Å². The lowest BCUT2D eigenvalue weighted by atomic mass is 10.0. The van der Waals surface area contributed by atoms with Gasteiger partial charge in [0.25, 0.3) is 0 Å². The minimum Gasteiger partial charge on any atom is -0.481 e. The lowest BCUT2D eigenvalue weighted by Crippen LogP contribution is -2.44. The van der Waals surface area contributed by atoms with Crippen molar-refractivity contribution in [1.29, 1.82) is 0 Å². The zero-order valence-electron chi connectivity index (χ0n) is 11.6. The lowest BCUT2D eigenvalue weighted by Gasteiger charge is -2.21. The molecule has 0 fully saturated rings. The van der Waals surface area contributed by atoms with Crippen molar-refractivity contribution in [2.24, 2.45) is 5.92 Å². The first kappa shape index (κ1) is 16.2. The van der Waals surface area contributed by atoms with E-state index in [4.69, 9.17) is 16.7 Å². The maximum Gasteiger partial charge on any atom is 0.308 e. The maximum atomic E-state index is 11.8. The van der Waals surface area contributed by atoms with Gasteiger partial charge in [0, 0.05) is 19.3 Å². The molecule has 1 rings (SSSR count). The number of hydrogen-bond acceptors (Lipinski definition) is 4. The Labute approximate surface area is 122 Å². The summed E-state index contributed by atoms with van der Waals surface area (Å²) in [6, 6.07) is 2.96. The lowest BCUT2D eigenvalue weighted by molar-refractivity contribution is -0.142. The molecule has 6 nitrogen and oxygen atoms in total. The van der Waals surface area contributed by atoms with Crippen molar-refractivity contribution >= 4 is 29.3 Å². The highest BCUT2D eigenvalue weighted by Crippen LogP contribution is 2.12. The summed E-state index contributed by atoms with van der Waals surface area (Å²) in [5, 5.41) is 12.0. The van der Waals surface area contributed by atoms with E-state index < -0.39 is 17.9 Å². The van der Waals surface area contributed by atoms with Crippen molar-refractivity contribution < 1.29 is 14.7 Å². The highest BCUT2D eigenvalue weighted by molar-refractivity contribution is 6.30. The van der Waals surface area contributed by atoms with Gasteiger partial charge >= 0.3 is 5.97 Å². The van der Waals surface area contributed by atoms with Crippen LogP contribution in [0.25, 0.3) is 0 Å². The van der Waals surface area contributed by atoms with Gasteiger partial charge in [0.1, 0.15) is 5.82 Å². The predicted molar refractivity (Wildman–Crippen MR) is 76.9 cm³/mol. The van der Waals surface area contributed by atoms with Crippen LogP contribution >= 0.6 is 11.6 Å². The first-order chi connectivity index (χ1) is 9.31. The smallest absolute Gasteiger partial charge is 0.308 e. The second-order valence-electron chi connectivity index (χ2n) is 4.67. The van der Waals surface area contributed by atoms with Crippen molar-refractivity contribution in [3.63, 3.8) is 0 Å². The first-order valence-corrected chi connectivity index (χ1v) is 6.54. The Hall–Kier alpha value is -1.82. The van der Waals surface area contributed by atoms with E-state index in [0.717, 1.165) is 0 Å². The van der Waals surface area contributed by atoms with Crippen LogP contribution in [-0.4, -0.2) is 41.6 Å². The molecule has 0 aliphatic heterocycles. The van der Waals surface area contributed by atoms with Crippen molar-refractivity contribution in [2.45, 2.75) is 19.9 Å². The molecule has 0 aliphatic rings. The molecular formula is C13H18ClN3O3. The first-order valence-electron chi connectivity index (χ1n) is 6.16. The number of nitrogens with zero attached hydrogens (tertiary/aromatic N) is 2. The third-order valence-corrected chi connectivity index (χ3v) is 3.24. The SMILES string of the molecule is CC(NC(=O)CN(C)c1ccc(Cl)cn1)C(C)C(=O)O. The molecule has 2 unspecified atom stereocenters. The number of carboxylic acids is 1. The summed E-state index contributed by atoms with van der Waals surface area (Å²) >= 11 is 5.74. The molecule has 0 aliphatic carbocycles. The third-order valence-electron chi connectivity index (χ3n) is 3.01. The highest BCUT2D eigenvalue weighted by Gasteiger charge is 2.21. The number of rotatable bonds is 6. The van der Waals surface area contributed by atoms with Crippen LogP contribution in [0, 0.1) is 5.92 Å². The minimum atomic E-state index is -0.939. The summed E-state index contributed by atoms with van der Waals surface area (Å²) in [5.74, 6) is -1.23. The Bertz CT molecular complexity index is 478. The largest absolute Gasteiger partial charge is 0.481 e. The summed E-state index contributed by atoms with van der Waals surface area (Å²) in [4.78, 5) is 28.4. The molecule has 7 heteroatoms. The van der Waals surface area contributed by atoms with E-state index in [-0.39, 0.29) is 12.5 Å². The maximum absolute atomic E-state index is 11.8. The highest BCUT2D eigenvalue weighted by atomic mass is 35.5. The molecule has 0 saturated carbocycles. The molecule has 20 heavy (non-hydrogen) atoms. The van der Waals surface area contributed by atoms with Crippen LogP contribution in [0.2, 0.25) is 5.02 Å². The van der Waals surface area contributed by atoms with E-state index in [1.54, 1.807) is 37.9 Å². The van der Waals surface area contributed by atoms with Gasteiger partial charge in [-0.25, -0.2) is 4.98 Å². The van der Waals surface area contributed by atoms with E-state index in [0.29, 0.717) is 10.8 Å². The van der Waals surface area contributed by atoms with Crippen molar-refractivity contribution in [3.8, 4) is 0 Å². The number of hydrogen-bond donors (Lipinski definition) is 2. The molecule has 0 spiro atoms. The zero-order chi connectivity index (χ0) is 15.3. The molecule has 1 aromatic rings. The molecule has 1 aromatic heterocycles. The number of aromatic nitrogens is 1.